The van der Waals surface area contributed by atoms with E-state index in [9.17, 15) is 92.0 Å². The largest absolute Gasteiger partial charge is 0.508 e. The van der Waals surface area contributed by atoms with Crippen LogP contribution in [0.2, 0.25) is 0 Å². The van der Waals surface area contributed by atoms with Crippen molar-refractivity contribution in [3.05, 3.63) is 102 Å². The first-order valence-corrected chi connectivity index (χ1v) is 42.7. The van der Waals surface area contributed by atoms with Crippen molar-refractivity contribution in [3.8, 4) is 5.75 Å². The Labute approximate surface area is 730 Å². The molecule has 0 radical (unpaired) electrons. The highest BCUT2D eigenvalue weighted by Gasteiger charge is 2.44. The van der Waals surface area contributed by atoms with Crippen LogP contribution >= 0.6 is 0 Å². The van der Waals surface area contributed by atoms with Gasteiger partial charge >= 0.3 is 5.97 Å². The highest BCUT2D eigenvalue weighted by molar-refractivity contribution is 6.00. The van der Waals surface area contributed by atoms with Crippen LogP contribution in [-0.4, -0.2) is 257 Å². The maximum absolute atomic E-state index is 14.8. The zero-order valence-electron chi connectivity index (χ0n) is 73.9. The van der Waals surface area contributed by atoms with Crippen molar-refractivity contribution in [1.29, 1.82) is 5.41 Å². The number of aromatic hydroxyl groups is 1. The molecule has 1 fully saturated rings. The molecule has 0 bridgehead atoms. The van der Waals surface area contributed by atoms with Gasteiger partial charge in [-0.25, -0.2) is 0 Å². The van der Waals surface area contributed by atoms with Gasteiger partial charge in [-0.05, 0) is 137 Å². The second-order valence-electron chi connectivity index (χ2n) is 34.0. The van der Waals surface area contributed by atoms with Gasteiger partial charge in [-0.2, -0.15) is 0 Å². The number of nitrogens with two attached hydrogens (primary N) is 4. The highest BCUT2D eigenvalue weighted by atomic mass is 16.4. The summed E-state index contributed by atoms with van der Waals surface area (Å²) in [6.45, 7) is 14.7. The van der Waals surface area contributed by atoms with Gasteiger partial charge in [0.2, 0.25) is 82.7 Å². The maximum atomic E-state index is 14.8. The predicted octanol–water partition coefficient (Wildman–Crippen LogP) is -1.88. The molecule has 15 amide bonds. The highest BCUT2D eigenvalue weighted by Crippen LogP contribution is 2.24. The number of amides is 15. The number of primary amides is 2. The van der Waals surface area contributed by atoms with Crippen LogP contribution in [0.5, 0.6) is 5.75 Å². The minimum absolute atomic E-state index is 0.0289. The molecule has 4 rings (SSSR count). The van der Waals surface area contributed by atoms with E-state index >= 15 is 0 Å². The number of guanidine groups is 1. The van der Waals surface area contributed by atoms with Crippen molar-refractivity contribution in [2.45, 2.75) is 256 Å². The van der Waals surface area contributed by atoms with E-state index in [2.05, 4.69) is 69.1 Å². The van der Waals surface area contributed by atoms with Crippen LogP contribution < -0.4 is 92.1 Å². The molecule has 0 saturated carbocycles. The molecule has 3 aromatic carbocycles. The van der Waals surface area contributed by atoms with Crippen LogP contribution in [0.15, 0.2) is 84.9 Å². The number of aliphatic carboxylic acids is 1. The number of hydrogen-bond acceptors (Lipinski definition) is 20. The molecule has 692 valence electrons. The van der Waals surface area contributed by atoms with E-state index in [-0.39, 0.29) is 86.5 Å². The van der Waals surface area contributed by atoms with Crippen LogP contribution in [0, 0.1) is 29.1 Å². The number of nitrogens with one attached hydrogen (secondary N) is 14. The SMILES string of the molecule is CC[C@H](C)[C@H](NC(=O)[C@@H]1CCCN1C(=O)[C@@H](NC(=O)[C@H](Cc1ccccc1)[N+](C)(C)C)C(C)C)C(=O)N[C@@H](Cc1ccccc1)C(=O)N[C@H](C(=O)N[C@@H](Cc1ccc(O)cc1)C(=O)NCC(=O)N[C@@H](CCC(=O)O)C(=O)N[C@@H](CC(C)C)C(=O)N[C@@H](CCC(N)=O)C(=O)N[C@H](CCCNC(=N)N)C(=O)N[C@@H](CC(C)C)C(=O)N[C@@H](CCCCN)C(N)=O)[C@@H](C)O. The van der Waals surface area contributed by atoms with Crippen molar-refractivity contribution < 1.29 is 96.5 Å². The average Bonchev–Trinajstić information content (AvgIpc) is 1.72. The number of likely N-dealkylation sites (N-methyl/N-ethyl adjacent to an activating group) is 1. The summed E-state index contributed by atoms with van der Waals surface area (Å²) in [6.07, 6.45) is -2.33. The number of carboxylic acids is 1. The van der Waals surface area contributed by atoms with Crippen molar-refractivity contribution in [2.24, 2.45) is 46.6 Å². The van der Waals surface area contributed by atoms with E-state index in [1.54, 1.807) is 85.7 Å². The Bertz CT molecular complexity index is 4110. The Morgan fingerprint density at radius 1 is 0.488 bits per heavy atom. The lowest BCUT2D eigenvalue weighted by molar-refractivity contribution is -0.886. The Kier molecular flexibility index (Phi) is 44.5. The van der Waals surface area contributed by atoms with Gasteiger partial charge in [0.1, 0.15) is 78.3 Å². The van der Waals surface area contributed by atoms with Gasteiger partial charge in [-0.1, -0.05) is 135 Å². The fourth-order valence-corrected chi connectivity index (χ4v) is 14.0. The van der Waals surface area contributed by atoms with E-state index in [1.807, 2.05) is 51.5 Å². The number of hydrogen-bond donors (Lipinski definition) is 21. The van der Waals surface area contributed by atoms with Crippen molar-refractivity contribution in [2.75, 3.05) is 47.3 Å². The van der Waals surface area contributed by atoms with Crippen LogP contribution in [0.3, 0.4) is 0 Å². The molecule has 0 aromatic heterocycles. The first-order valence-electron chi connectivity index (χ1n) is 42.7. The molecule has 0 aliphatic carbocycles. The molecule has 3 aromatic rings. The van der Waals surface area contributed by atoms with Gasteiger partial charge in [0.05, 0.1) is 33.8 Å². The van der Waals surface area contributed by atoms with E-state index in [1.165, 1.54) is 29.2 Å². The lowest BCUT2D eigenvalue weighted by Gasteiger charge is -2.36. The van der Waals surface area contributed by atoms with Gasteiger partial charge in [0, 0.05) is 45.2 Å². The summed E-state index contributed by atoms with van der Waals surface area (Å²) >= 11 is 0. The van der Waals surface area contributed by atoms with E-state index in [0.29, 0.717) is 49.8 Å². The third-order valence-corrected chi connectivity index (χ3v) is 21.3. The van der Waals surface area contributed by atoms with Crippen LogP contribution in [0.1, 0.15) is 169 Å². The predicted molar refractivity (Wildman–Crippen MR) is 464 cm³/mol. The third-order valence-electron chi connectivity index (χ3n) is 21.3. The number of aliphatic hydroxyl groups is 1. The number of carbonyl (C=O) groups excluding carboxylic acids is 15. The standard InChI is InChI=1S/C86H134N20O19/c1-13-51(8)71(103-81(121)65-30-23-41-105(65)85(125)70(50(6)7)102-82(122)66(106(10,11)12)46-54-26-18-15-19-27-54)83(123)101-64(44-53-24-16-14-17-25-53)80(120)104-72(52(9)107)84(124)100-63(45-55-31-33-56(108)34-32-55)74(114)93-47-68(110)94-59(36-38-69(111)112)76(116)99-62(43-49(4)5)79(119)97-60(35-37-67(88)109)77(117)96-58(29-22-40-92-86(90)91)75(115)98-61(42-48(2)3)78(118)95-57(73(89)113)28-20-21-39-87/h14-19,24-27,31-34,48-52,57-66,70-72,107H,13,20-23,28-30,35-47,87H2,1-12H3,(H21-,88,89,90,91,92,93,94,95,96,97,98,99,100,101,102,103,104,108,109,110,111,112,113,114,115,116,117,118,119,120,121,122,123,124)/p+1/t51-,52+,57-,58+,59-,60-,61-,62-,63-,64-,65-,66-,70-,71-,72-/m0/s1. The van der Waals surface area contributed by atoms with Gasteiger partial charge in [0.15, 0.2) is 12.0 Å². The summed E-state index contributed by atoms with van der Waals surface area (Å²) in [6, 6.07) is 5.38. The smallest absolute Gasteiger partial charge is 0.303 e. The molecular formula is C86H135N20O19+. The van der Waals surface area contributed by atoms with E-state index in [0.717, 1.165) is 12.5 Å². The zero-order valence-corrected chi connectivity index (χ0v) is 73.9. The Balaban J connectivity index is 1.59. The number of rotatable bonds is 55. The van der Waals surface area contributed by atoms with Gasteiger partial charge < -0.3 is 117 Å². The monoisotopic (exact) mass is 1750 g/mol. The second kappa shape index (κ2) is 52.7. The first kappa shape index (κ1) is 105. The van der Waals surface area contributed by atoms with Crippen molar-refractivity contribution in [3.63, 3.8) is 0 Å². The molecule has 39 nitrogen and oxygen atoms in total. The minimum atomic E-state index is -1.88. The summed E-state index contributed by atoms with van der Waals surface area (Å²) in [5.74, 6) is -16.9. The number of benzene rings is 3. The number of phenolic OH excluding ortho intramolecular Hbond substituents is 1. The number of carboxylic acid groups (broad SMARTS) is 1. The summed E-state index contributed by atoms with van der Waals surface area (Å²) in [4.78, 5) is 226. The summed E-state index contributed by atoms with van der Waals surface area (Å²) < 4.78 is 0.252. The third kappa shape index (κ3) is 37.2. The summed E-state index contributed by atoms with van der Waals surface area (Å²) in [5.41, 5.74) is 24.0. The van der Waals surface area contributed by atoms with Gasteiger partial charge in [-0.3, -0.25) is 82.1 Å². The number of carbonyl (C=O) groups is 16. The second-order valence-corrected chi connectivity index (χ2v) is 34.0. The number of aliphatic hydroxyl groups excluding tert-OH is 1. The van der Waals surface area contributed by atoms with Crippen LogP contribution in [0.4, 0.5) is 0 Å². The van der Waals surface area contributed by atoms with Gasteiger partial charge in [-0.15, -0.1) is 0 Å². The minimum Gasteiger partial charge on any atom is -0.508 e. The topological polar surface area (TPSA) is 621 Å². The summed E-state index contributed by atoms with van der Waals surface area (Å²) in [7, 11) is 5.67. The Hall–Kier alpha value is -11.9. The molecule has 0 spiro atoms. The quantitative estimate of drug-likeness (QED) is 0.0127. The average molecular weight is 1750 g/mol. The molecule has 15 atom stereocenters. The van der Waals surface area contributed by atoms with Crippen molar-refractivity contribution >= 4 is 101 Å². The zero-order chi connectivity index (χ0) is 93.5. The van der Waals surface area contributed by atoms with E-state index in [4.69, 9.17) is 28.3 Å². The van der Waals surface area contributed by atoms with Crippen LogP contribution in [-0.2, 0) is 96.0 Å². The summed E-state index contributed by atoms with van der Waals surface area (Å²) in [5, 5.41) is 72.7. The molecule has 1 aliphatic heterocycles. The number of unbranched alkanes of at least 4 members (excludes halogenated alkanes) is 1. The van der Waals surface area contributed by atoms with Gasteiger partial charge in [0.25, 0.3) is 5.91 Å². The normalized spacial score (nSPS) is 16.0. The fourth-order valence-electron chi connectivity index (χ4n) is 14.0. The van der Waals surface area contributed by atoms with Crippen LogP contribution in [0.25, 0.3) is 0 Å². The number of quaternary nitrogens is 1. The first-order chi connectivity index (χ1) is 58.8. The lowest BCUT2D eigenvalue weighted by atomic mass is 9.96. The molecule has 1 heterocycles. The molecule has 0 unspecified atom stereocenters. The number of nitrogens with zero attached hydrogens (tertiary/aromatic N) is 2. The Morgan fingerprint density at radius 3 is 1.42 bits per heavy atom. The lowest BCUT2D eigenvalue weighted by Crippen LogP contribution is -2.63. The van der Waals surface area contributed by atoms with Crippen molar-refractivity contribution in [1.82, 2.24) is 74.0 Å². The molecule has 125 heavy (non-hydrogen) atoms. The Morgan fingerprint density at radius 2 is 0.936 bits per heavy atom. The molecule has 1 aliphatic rings. The molecule has 39 heteroatoms. The molecule has 1 saturated heterocycles. The molecule has 25 N–H and O–H groups in total. The molecular weight excluding hydrogens is 1620 g/mol. The number of phenols is 1. The maximum Gasteiger partial charge on any atom is 0.303 e. The van der Waals surface area contributed by atoms with E-state index < -0.39 is 229 Å². The number of likely N-dealkylation sites (tertiary alicyclic amines) is 1. The fraction of sp³-hybridized carbons (Fsp3) is 0.593.